The van der Waals surface area contributed by atoms with E-state index < -0.39 is 0 Å². The molecule has 0 fully saturated rings. The molecule has 0 radical (unpaired) electrons. The summed E-state index contributed by atoms with van der Waals surface area (Å²) in [7, 11) is 0. The van der Waals surface area contributed by atoms with Crippen molar-refractivity contribution >= 4 is 17.5 Å². The van der Waals surface area contributed by atoms with Crippen LogP contribution in [0.2, 0.25) is 0 Å². The highest BCUT2D eigenvalue weighted by Gasteiger charge is 2.10. The minimum Gasteiger partial charge on any atom is -0.484 e. The van der Waals surface area contributed by atoms with E-state index in [-0.39, 0.29) is 18.4 Å². The van der Waals surface area contributed by atoms with E-state index in [1.165, 1.54) is 0 Å². The summed E-state index contributed by atoms with van der Waals surface area (Å²) in [5.41, 5.74) is 8.23. The van der Waals surface area contributed by atoms with Gasteiger partial charge in [-0.15, -0.1) is 0 Å². The number of anilines is 1. The second kappa shape index (κ2) is 10.2. The van der Waals surface area contributed by atoms with Gasteiger partial charge in [-0.05, 0) is 50.6 Å². The molecule has 0 unspecified atom stereocenters. The van der Waals surface area contributed by atoms with E-state index in [1.807, 2.05) is 69.3 Å². The summed E-state index contributed by atoms with van der Waals surface area (Å²) in [4.78, 5) is 25.8. The molecule has 0 spiro atoms. The van der Waals surface area contributed by atoms with Gasteiger partial charge >= 0.3 is 0 Å². The summed E-state index contributed by atoms with van der Waals surface area (Å²) in [6, 6.07) is 14.9. The Morgan fingerprint density at radius 2 is 1.59 bits per heavy atom. The lowest BCUT2D eigenvalue weighted by Gasteiger charge is -2.18. The molecule has 144 valence electrons. The van der Waals surface area contributed by atoms with Crippen molar-refractivity contribution < 1.29 is 14.3 Å². The van der Waals surface area contributed by atoms with Gasteiger partial charge in [0.05, 0.1) is 12.1 Å². The van der Waals surface area contributed by atoms with Crippen LogP contribution in [0.3, 0.4) is 0 Å². The summed E-state index contributed by atoms with van der Waals surface area (Å²) in [5, 5.41) is 0. The smallest absolute Gasteiger partial charge is 0.276 e. The molecule has 0 atom stereocenters. The number of aryl methyl sites for hydroxylation is 1. The third-order valence-corrected chi connectivity index (χ3v) is 4.16. The average Bonchev–Trinajstić information content (AvgIpc) is 2.68. The molecule has 2 aromatic carbocycles. The third-order valence-electron chi connectivity index (χ3n) is 4.16. The van der Waals surface area contributed by atoms with E-state index in [0.717, 1.165) is 16.8 Å². The van der Waals surface area contributed by atoms with E-state index in [2.05, 4.69) is 10.9 Å². The Labute approximate surface area is 160 Å². The van der Waals surface area contributed by atoms with Crippen molar-refractivity contribution in [1.82, 2.24) is 10.3 Å². The summed E-state index contributed by atoms with van der Waals surface area (Å²) in [6.45, 7) is 7.29. The standard InChI is InChI=1S/C21H27N3O3/c1-4-24(5-2)21(26)14-17-8-10-18(11-9-17)22-23-20(25)15-27-19-12-6-16(3)7-13-19/h6-13,22H,4-5,14-15H2,1-3H3,(H,23,25). The number of carbonyl (C=O) groups excluding carboxylic acids is 2. The van der Waals surface area contributed by atoms with Gasteiger partial charge in [0.2, 0.25) is 5.91 Å². The van der Waals surface area contributed by atoms with E-state index in [0.29, 0.717) is 25.3 Å². The second-order valence-electron chi connectivity index (χ2n) is 6.21. The number of benzene rings is 2. The second-order valence-corrected chi connectivity index (χ2v) is 6.21. The molecule has 0 aliphatic heterocycles. The van der Waals surface area contributed by atoms with Gasteiger partial charge in [0.25, 0.3) is 5.91 Å². The lowest BCUT2D eigenvalue weighted by molar-refractivity contribution is -0.130. The molecule has 2 rings (SSSR count). The molecule has 0 aliphatic rings. The normalized spacial score (nSPS) is 10.2. The Hall–Kier alpha value is -3.02. The van der Waals surface area contributed by atoms with Gasteiger partial charge in [0.15, 0.2) is 6.61 Å². The zero-order chi connectivity index (χ0) is 19.6. The molecule has 0 bridgehead atoms. The maximum Gasteiger partial charge on any atom is 0.276 e. The maximum absolute atomic E-state index is 12.1. The summed E-state index contributed by atoms with van der Waals surface area (Å²) < 4.78 is 5.42. The van der Waals surface area contributed by atoms with Crippen molar-refractivity contribution in [3.8, 4) is 5.75 Å². The number of hydrogen-bond donors (Lipinski definition) is 2. The number of hydrazine groups is 1. The molecule has 27 heavy (non-hydrogen) atoms. The minimum atomic E-state index is -0.281. The third kappa shape index (κ3) is 6.66. The van der Waals surface area contributed by atoms with Crippen LogP contribution in [0.4, 0.5) is 5.69 Å². The number of nitrogens with one attached hydrogen (secondary N) is 2. The van der Waals surface area contributed by atoms with Crippen LogP contribution in [-0.2, 0) is 16.0 Å². The number of rotatable bonds is 9. The van der Waals surface area contributed by atoms with Crippen molar-refractivity contribution in [3.63, 3.8) is 0 Å². The van der Waals surface area contributed by atoms with Gasteiger partial charge in [0, 0.05) is 13.1 Å². The fourth-order valence-electron chi connectivity index (χ4n) is 2.53. The summed E-state index contributed by atoms with van der Waals surface area (Å²) in [5.74, 6) is 0.483. The molecular weight excluding hydrogens is 342 g/mol. The first-order chi connectivity index (χ1) is 13.0. The molecule has 0 heterocycles. The largest absolute Gasteiger partial charge is 0.484 e. The predicted molar refractivity (Wildman–Crippen MR) is 107 cm³/mol. The number of carbonyl (C=O) groups is 2. The first-order valence-electron chi connectivity index (χ1n) is 9.12. The summed E-state index contributed by atoms with van der Waals surface area (Å²) in [6.07, 6.45) is 0.374. The monoisotopic (exact) mass is 369 g/mol. The number of hydrogen-bond acceptors (Lipinski definition) is 4. The molecule has 2 N–H and O–H groups in total. The van der Waals surface area contributed by atoms with Crippen LogP contribution in [0.15, 0.2) is 48.5 Å². The molecule has 2 aromatic rings. The zero-order valence-electron chi connectivity index (χ0n) is 16.1. The van der Waals surface area contributed by atoms with Gasteiger partial charge in [-0.2, -0.15) is 0 Å². The topological polar surface area (TPSA) is 70.7 Å². The Balaban J connectivity index is 1.76. The van der Waals surface area contributed by atoms with E-state index >= 15 is 0 Å². The Morgan fingerprint density at radius 1 is 0.963 bits per heavy atom. The van der Waals surface area contributed by atoms with Gasteiger partial charge in [0.1, 0.15) is 5.75 Å². The highest BCUT2D eigenvalue weighted by Crippen LogP contribution is 2.12. The molecule has 6 heteroatoms. The predicted octanol–water partition coefficient (Wildman–Crippen LogP) is 2.93. The molecular formula is C21H27N3O3. The zero-order valence-corrected chi connectivity index (χ0v) is 16.1. The minimum absolute atomic E-state index is 0.0769. The van der Waals surface area contributed by atoms with Gasteiger partial charge in [-0.3, -0.25) is 20.4 Å². The van der Waals surface area contributed by atoms with Crippen LogP contribution in [0.5, 0.6) is 5.75 Å². The quantitative estimate of drug-likeness (QED) is 0.667. The lowest BCUT2D eigenvalue weighted by atomic mass is 10.1. The van der Waals surface area contributed by atoms with Crippen LogP contribution in [0, 0.1) is 6.92 Å². The SMILES string of the molecule is CCN(CC)C(=O)Cc1ccc(NNC(=O)COc2ccc(C)cc2)cc1. The Bertz CT molecular complexity index is 738. The number of nitrogens with zero attached hydrogens (tertiary/aromatic N) is 1. The van der Waals surface area contributed by atoms with Gasteiger partial charge in [-0.1, -0.05) is 29.8 Å². The molecule has 2 amide bonds. The fraction of sp³-hybridized carbons (Fsp3) is 0.333. The number of amides is 2. The number of likely N-dealkylation sites (N-methyl/N-ethyl adjacent to an activating group) is 1. The van der Waals surface area contributed by atoms with E-state index in [9.17, 15) is 9.59 Å². The highest BCUT2D eigenvalue weighted by atomic mass is 16.5. The highest BCUT2D eigenvalue weighted by molar-refractivity contribution is 5.79. The summed E-state index contributed by atoms with van der Waals surface area (Å²) >= 11 is 0. The van der Waals surface area contributed by atoms with Gasteiger partial charge in [-0.25, -0.2) is 0 Å². The van der Waals surface area contributed by atoms with Crippen LogP contribution in [-0.4, -0.2) is 36.4 Å². The molecule has 6 nitrogen and oxygen atoms in total. The van der Waals surface area contributed by atoms with E-state index in [4.69, 9.17) is 4.74 Å². The molecule has 0 aromatic heterocycles. The Kier molecular flexibility index (Phi) is 7.67. The number of ether oxygens (including phenoxy) is 1. The van der Waals surface area contributed by atoms with Crippen LogP contribution < -0.4 is 15.6 Å². The van der Waals surface area contributed by atoms with Crippen molar-refractivity contribution in [1.29, 1.82) is 0 Å². The first kappa shape index (κ1) is 20.3. The Morgan fingerprint density at radius 3 is 2.19 bits per heavy atom. The molecule has 0 saturated carbocycles. The lowest BCUT2D eigenvalue weighted by Crippen LogP contribution is -2.33. The van der Waals surface area contributed by atoms with Crippen LogP contribution in [0.1, 0.15) is 25.0 Å². The maximum atomic E-state index is 12.1. The van der Waals surface area contributed by atoms with Crippen molar-refractivity contribution in [2.75, 3.05) is 25.1 Å². The van der Waals surface area contributed by atoms with Gasteiger partial charge < -0.3 is 9.64 Å². The van der Waals surface area contributed by atoms with Crippen molar-refractivity contribution in [2.45, 2.75) is 27.2 Å². The fourth-order valence-corrected chi connectivity index (χ4v) is 2.53. The van der Waals surface area contributed by atoms with E-state index in [1.54, 1.807) is 4.90 Å². The molecule has 0 saturated heterocycles. The first-order valence-corrected chi connectivity index (χ1v) is 9.12. The van der Waals surface area contributed by atoms with Crippen LogP contribution in [0.25, 0.3) is 0 Å². The van der Waals surface area contributed by atoms with Crippen molar-refractivity contribution in [3.05, 3.63) is 59.7 Å². The van der Waals surface area contributed by atoms with Crippen LogP contribution >= 0.6 is 0 Å². The molecule has 0 aliphatic carbocycles. The van der Waals surface area contributed by atoms with Crippen molar-refractivity contribution in [2.24, 2.45) is 0 Å². The average molecular weight is 369 g/mol.